The van der Waals surface area contributed by atoms with E-state index >= 15 is 0 Å². The Bertz CT molecular complexity index is 1540. The smallest absolute Gasteiger partial charge is 0.356 e. The minimum absolute atomic E-state index is 0.0395. The number of aliphatic hydroxyl groups excluding tert-OH is 1. The first-order valence-electron chi connectivity index (χ1n) is 12.4. The quantitative estimate of drug-likeness (QED) is 0.178. The number of phenols is 1. The Morgan fingerprint density at radius 2 is 1.62 bits per heavy atom. The van der Waals surface area contributed by atoms with Crippen LogP contribution in [0.4, 0.5) is 10.1 Å². The topological polar surface area (TPSA) is 118 Å². The summed E-state index contributed by atoms with van der Waals surface area (Å²) < 4.78 is 25.1. The maximum Gasteiger partial charge on any atom is 0.356 e. The second-order valence-corrected chi connectivity index (χ2v) is 11.2. The van der Waals surface area contributed by atoms with Crippen molar-refractivity contribution >= 4 is 24.5 Å². The number of aliphatic hydroxyl groups is 1. The Hall–Kier alpha value is -3.81. The molecule has 0 radical (unpaired) electrons. The molecule has 0 bridgehead atoms. The number of carbonyl (C=O) groups excluding carboxylic acids is 1. The van der Waals surface area contributed by atoms with Gasteiger partial charge in [0.25, 0.3) is 0 Å². The average Bonchev–Trinajstić information content (AvgIpc) is 2.91. The summed E-state index contributed by atoms with van der Waals surface area (Å²) in [5.74, 6) is -1.04. The number of benzene rings is 4. The summed E-state index contributed by atoms with van der Waals surface area (Å²) in [6, 6.07) is 25.4. The van der Waals surface area contributed by atoms with E-state index in [-0.39, 0.29) is 23.4 Å². The van der Waals surface area contributed by atoms with Gasteiger partial charge in [-0.2, -0.15) is 0 Å². The molecule has 4 aromatic rings. The third-order valence-corrected chi connectivity index (χ3v) is 8.08. The summed E-state index contributed by atoms with van der Waals surface area (Å²) in [7, 11) is -4.38. The van der Waals surface area contributed by atoms with Crippen molar-refractivity contribution in [3.63, 3.8) is 0 Å². The van der Waals surface area contributed by atoms with Crippen LogP contribution in [0.5, 0.6) is 5.75 Å². The largest absolute Gasteiger partial charge is 0.507 e. The van der Waals surface area contributed by atoms with Crippen LogP contribution in [-0.2, 0) is 9.36 Å². The van der Waals surface area contributed by atoms with Gasteiger partial charge in [0, 0.05) is 11.3 Å². The Morgan fingerprint density at radius 1 is 0.897 bits per heavy atom. The van der Waals surface area contributed by atoms with Gasteiger partial charge in [0.1, 0.15) is 11.6 Å². The highest BCUT2D eigenvalue weighted by Gasteiger charge is 2.48. The number of nitrogens with zero attached hydrogens (tertiary/aromatic N) is 1. The standard InChI is InChI=1S/C30H27FNO6P/c31-22-6-4-5-20(17-22)27(33)16-15-26-29(32(30(26)35)23-7-2-1-3-8-23)21-11-14-25(28(34)18-21)19-9-12-24(13-10-19)39(36,37)38/h1-14,17-18,26-27,29,33-34H,15-16H2,(H2,36,37,38). The van der Waals surface area contributed by atoms with Gasteiger partial charge >= 0.3 is 7.60 Å². The summed E-state index contributed by atoms with van der Waals surface area (Å²) in [5.41, 5.74) is 2.93. The maximum absolute atomic E-state index is 13.6. The van der Waals surface area contributed by atoms with Crippen LogP contribution in [0.1, 0.15) is 36.1 Å². The number of β-lactam (4-membered cyclic amide) rings is 1. The van der Waals surface area contributed by atoms with Crippen LogP contribution in [-0.4, -0.2) is 25.9 Å². The fourth-order valence-electron chi connectivity index (χ4n) is 5.12. The van der Waals surface area contributed by atoms with Gasteiger partial charge in [-0.15, -0.1) is 0 Å². The highest BCUT2D eigenvalue weighted by atomic mass is 31.2. The molecule has 4 aromatic carbocycles. The fraction of sp³-hybridized carbons (Fsp3) is 0.167. The minimum atomic E-state index is -4.38. The number of anilines is 1. The molecule has 1 aliphatic rings. The number of carbonyl (C=O) groups is 1. The van der Waals surface area contributed by atoms with Crippen molar-refractivity contribution in [3.8, 4) is 16.9 Å². The van der Waals surface area contributed by atoms with Crippen LogP contribution < -0.4 is 10.2 Å². The zero-order valence-electron chi connectivity index (χ0n) is 20.8. The summed E-state index contributed by atoms with van der Waals surface area (Å²) in [5, 5.41) is 21.4. The average molecular weight is 548 g/mol. The Balaban J connectivity index is 1.42. The first-order valence-corrected chi connectivity index (χ1v) is 14.1. The van der Waals surface area contributed by atoms with Gasteiger partial charge < -0.3 is 24.9 Å². The van der Waals surface area contributed by atoms with E-state index in [2.05, 4.69) is 0 Å². The van der Waals surface area contributed by atoms with E-state index in [4.69, 9.17) is 0 Å². The van der Waals surface area contributed by atoms with Crippen LogP contribution >= 0.6 is 7.60 Å². The number of aromatic hydroxyl groups is 1. The molecule has 3 unspecified atom stereocenters. The number of hydrogen-bond acceptors (Lipinski definition) is 4. The van der Waals surface area contributed by atoms with E-state index in [0.29, 0.717) is 34.4 Å². The van der Waals surface area contributed by atoms with Crippen molar-refractivity contribution in [1.29, 1.82) is 0 Å². The number of rotatable bonds is 8. The highest BCUT2D eigenvalue weighted by Crippen LogP contribution is 2.47. The molecule has 0 aliphatic carbocycles. The lowest BCUT2D eigenvalue weighted by molar-refractivity contribution is -0.131. The minimum Gasteiger partial charge on any atom is -0.507 e. The van der Waals surface area contributed by atoms with Crippen molar-refractivity contribution < 1.29 is 33.7 Å². The molecule has 1 fully saturated rings. The first-order chi connectivity index (χ1) is 18.6. The zero-order chi connectivity index (χ0) is 27.7. The predicted octanol–water partition coefficient (Wildman–Crippen LogP) is 5.22. The number of hydrogen-bond donors (Lipinski definition) is 4. The van der Waals surface area contributed by atoms with Gasteiger partial charge in [-0.25, -0.2) is 4.39 Å². The third kappa shape index (κ3) is 5.51. The number of phenolic OH excluding ortho intramolecular Hbond substituents is 1. The molecule has 39 heavy (non-hydrogen) atoms. The third-order valence-electron chi connectivity index (χ3n) is 7.11. The Morgan fingerprint density at radius 3 is 2.26 bits per heavy atom. The van der Waals surface area contributed by atoms with Crippen molar-refractivity contribution in [1.82, 2.24) is 0 Å². The molecule has 7 nitrogen and oxygen atoms in total. The lowest BCUT2D eigenvalue weighted by atomic mass is 9.78. The number of para-hydroxylation sites is 1. The molecule has 1 heterocycles. The molecule has 200 valence electrons. The van der Waals surface area contributed by atoms with Crippen molar-refractivity contribution in [2.45, 2.75) is 25.0 Å². The van der Waals surface area contributed by atoms with Gasteiger partial charge in [-0.1, -0.05) is 54.6 Å². The van der Waals surface area contributed by atoms with Crippen molar-refractivity contribution in [2.75, 3.05) is 4.90 Å². The molecule has 5 rings (SSSR count). The summed E-state index contributed by atoms with van der Waals surface area (Å²) in [4.78, 5) is 33.7. The monoisotopic (exact) mass is 547 g/mol. The Labute approximate surface area is 225 Å². The molecule has 0 saturated carbocycles. The summed E-state index contributed by atoms with van der Waals surface area (Å²) >= 11 is 0. The molecule has 1 aliphatic heterocycles. The molecular weight excluding hydrogens is 520 g/mol. The molecule has 9 heteroatoms. The van der Waals surface area contributed by atoms with Gasteiger partial charge in [-0.05, 0) is 72.0 Å². The van der Waals surface area contributed by atoms with Gasteiger partial charge in [0.15, 0.2) is 0 Å². The van der Waals surface area contributed by atoms with Crippen LogP contribution in [0.15, 0.2) is 97.1 Å². The van der Waals surface area contributed by atoms with E-state index in [1.807, 2.05) is 36.4 Å². The Kier molecular flexibility index (Phi) is 7.38. The van der Waals surface area contributed by atoms with Gasteiger partial charge in [-0.3, -0.25) is 9.36 Å². The van der Waals surface area contributed by atoms with E-state index < -0.39 is 31.5 Å². The van der Waals surface area contributed by atoms with Crippen LogP contribution in [0.3, 0.4) is 0 Å². The molecule has 0 aromatic heterocycles. The molecular formula is C30H27FNO6P. The second kappa shape index (κ2) is 10.8. The van der Waals surface area contributed by atoms with Gasteiger partial charge in [0.2, 0.25) is 5.91 Å². The highest BCUT2D eigenvalue weighted by molar-refractivity contribution is 7.60. The van der Waals surface area contributed by atoms with E-state index in [0.717, 1.165) is 0 Å². The molecule has 1 amide bonds. The van der Waals surface area contributed by atoms with Crippen molar-refractivity contribution in [3.05, 3.63) is 114 Å². The SMILES string of the molecule is O=C1C(CCC(O)c2cccc(F)c2)C(c2ccc(-c3ccc(P(=O)(O)O)cc3)c(O)c2)N1c1ccccc1. The lowest BCUT2D eigenvalue weighted by Crippen LogP contribution is -2.55. The normalized spacial score (nSPS) is 18.1. The van der Waals surface area contributed by atoms with E-state index in [1.165, 1.54) is 42.5 Å². The van der Waals surface area contributed by atoms with Crippen LogP contribution in [0, 0.1) is 11.7 Å². The number of halogens is 1. The van der Waals surface area contributed by atoms with E-state index in [9.17, 15) is 33.7 Å². The maximum atomic E-state index is 13.6. The van der Waals surface area contributed by atoms with Crippen molar-refractivity contribution in [2.24, 2.45) is 5.92 Å². The van der Waals surface area contributed by atoms with Crippen LogP contribution in [0.25, 0.3) is 11.1 Å². The summed E-state index contributed by atoms with van der Waals surface area (Å²) in [6.07, 6.45) is -0.307. The molecule has 4 N–H and O–H groups in total. The zero-order valence-corrected chi connectivity index (χ0v) is 21.7. The predicted molar refractivity (Wildman–Crippen MR) is 146 cm³/mol. The second-order valence-electron chi connectivity index (χ2n) is 9.61. The van der Waals surface area contributed by atoms with E-state index in [1.54, 1.807) is 23.1 Å². The first kappa shape index (κ1) is 26.8. The van der Waals surface area contributed by atoms with Gasteiger partial charge in [0.05, 0.1) is 23.4 Å². The molecule has 3 atom stereocenters. The van der Waals surface area contributed by atoms with Crippen LogP contribution in [0.2, 0.25) is 0 Å². The lowest BCUT2D eigenvalue weighted by Gasteiger charge is -2.48. The molecule has 1 saturated heterocycles. The number of amides is 1. The molecule has 0 spiro atoms. The summed E-state index contributed by atoms with van der Waals surface area (Å²) in [6.45, 7) is 0. The fourth-order valence-corrected chi connectivity index (χ4v) is 5.66.